The number of alkyl halides is 1. The van der Waals surface area contributed by atoms with E-state index < -0.39 is 0 Å². The molecule has 1 unspecified atom stereocenters. The molecule has 0 heterocycles. The number of hydrogen-bond acceptors (Lipinski definition) is 1. The minimum atomic E-state index is 0.262. The maximum atomic E-state index is 8.65. The Kier molecular flexibility index (Phi) is 6.44. The molecule has 62 valence electrons. The Bertz CT molecular complexity index is 73.7. The number of hydrogen-bond donors (Lipinski definition) is 1. The van der Waals surface area contributed by atoms with E-state index in [0.717, 1.165) is 12.3 Å². The lowest BCUT2D eigenvalue weighted by atomic mass is 10.1. The van der Waals surface area contributed by atoms with Crippen molar-refractivity contribution in [2.24, 2.45) is 5.92 Å². The van der Waals surface area contributed by atoms with E-state index in [0.29, 0.717) is 4.83 Å². The van der Waals surface area contributed by atoms with E-state index in [1.807, 2.05) is 0 Å². The molecule has 0 radical (unpaired) electrons. The molecular weight excluding hydrogens is 192 g/mol. The van der Waals surface area contributed by atoms with Crippen LogP contribution < -0.4 is 0 Å². The number of aliphatic hydroxyl groups excluding tert-OH is 1. The summed E-state index contributed by atoms with van der Waals surface area (Å²) in [5.74, 6) is 0.790. The second-order valence-electron chi connectivity index (χ2n) is 3.10. The third kappa shape index (κ3) is 6.56. The molecule has 0 rings (SSSR count). The summed E-state index contributed by atoms with van der Waals surface area (Å²) in [5.41, 5.74) is 0. The normalized spacial score (nSPS) is 14.1. The summed E-state index contributed by atoms with van der Waals surface area (Å²) < 4.78 is 0. The summed E-state index contributed by atoms with van der Waals surface area (Å²) in [6.07, 6.45) is 3.57. The molecule has 1 atom stereocenters. The Hall–Kier alpha value is 0.440. The quantitative estimate of drug-likeness (QED) is 0.690. The van der Waals surface area contributed by atoms with Gasteiger partial charge >= 0.3 is 0 Å². The first-order valence-electron chi connectivity index (χ1n) is 3.91. The van der Waals surface area contributed by atoms with Crippen molar-refractivity contribution in [3.63, 3.8) is 0 Å². The van der Waals surface area contributed by atoms with Crippen molar-refractivity contribution < 1.29 is 5.11 Å². The third-order valence-electron chi connectivity index (χ3n) is 1.50. The molecule has 1 N–H and O–H groups in total. The average molecular weight is 209 g/mol. The van der Waals surface area contributed by atoms with Crippen molar-refractivity contribution in [1.29, 1.82) is 0 Å². The number of rotatable bonds is 5. The first kappa shape index (κ1) is 10.4. The first-order chi connectivity index (χ1) is 4.66. The van der Waals surface area contributed by atoms with Crippen LogP contribution in [-0.2, 0) is 0 Å². The highest BCUT2D eigenvalue weighted by molar-refractivity contribution is 9.09. The number of aliphatic hydroxyl groups is 1. The molecule has 0 amide bonds. The van der Waals surface area contributed by atoms with Crippen LogP contribution in [0.4, 0.5) is 0 Å². The molecule has 10 heavy (non-hydrogen) atoms. The van der Waals surface area contributed by atoms with E-state index in [1.165, 1.54) is 12.8 Å². The van der Waals surface area contributed by atoms with Crippen molar-refractivity contribution in [1.82, 2.24) is 0 Å². The standard InChI is InChI=1S/C8H17BrO/c1-7(2)4-3-5-8(9)6-10/h7-8,10H,3-6H2,1-2H3. The molecule has 0 saturated heterocycles. The summed E-state index contributed by atoms with van der Waals surface area (Å²) in [7, 11) is 0. The lowest BCUT2D eigenvalue weighted by molar-refractivity contribution is 0.289. The maximum Gasteiger partial charge on any atom is 0.0556 e. The molecule has 0 saturated carbocycles. The first-order valence-corrected chi connectivity index (χ1v) is 4.83. The van der Waals surface area contributed by atoms with E-state index in [4.69, 9.17) is 5.11 Å². The maximum absolute atomic E-state index is 8.65. The summed E-state index contributed by atoms with van der Waals surface area (Å²) >= 11 is 3.38. The summed E-state index contributed by atoms with van der Waals surface area (Å²) in [6, 6.07) is 0. The zero-order valence-electron chi connectivity index (χ0n) is 6.81. The third-order valence-corrected chi connectivity index (χ3v) is 2.24. The van der Waals surface area contributed by atoms with E-state index in [9.17, 15) is 0 Å². The molecule has 0 fully saturated rings. The van der Waals surface area contributed by atoms with Gasteiger partial charge < -0.3 is 5.11 Å². The highest BCUT2D eigenvalue weighted by Gasteiger charge is 2.01. The van der Waals surface area contributed by atoms with Crippen LogP contribution in [0.2, 0.25) is 0 Å². The molecule has 2 heteroatoms. The minimum absolute atomic E-state index is 0.262. The van der Waals surface area contributed by atoms with Crippen molar-refractivity contribution in [3.8, 4) is 0 Å². The van der Waals surface area contributed by atoms with E-state index in [1.54, 1.807) is 0 Å². The Balaban J connectivity index is 3.03. The second-order valence-corrected chi connectivity index (χ2v) is 4.40. The highest BCUT2D eigenvalue weighted by Crippen LogP contribution is 2.12. The lowest BCUT2D eigenvalue weighted by Crippen LogP contribution is -2.03. The molecular formula is C8H17BrO. The van der Waals surface area contributed by atoms with Crippen LogP contribution in [0.1, 0.15) is 33.1 Å². The Morgan fingerprint density at radius 2 is 1.90 bits per heavy atom. The number of halogens is 1. The van der Waals surface area contributed by atoms with Gasteiger partial charge in [-0.05, 0) is 12.3 Å². The van der Waals surface area contributed by atoms with Crippen molar-refractivity contribution in [2.75, 3.05) is 6.61 Å². The van der Waals surface area contributed by atoms with Crippen molar-refractivity contribution in [3.05, 3.63) is 0 Å². The van der Waals surface area contributed by atoms with Gasteiger partial charge in [0, 0.05) is 4.83 Å². The predicted octanol–water partition coefficient (Wildman–Crippen LogP) is 2.57. The van der Waals surface area contributed by atoms with E-state index in [-0.39, 0.29) is 6.61 Å². The topological polar surface area (TPSA) is 20.2 Å². The fourth-order valence-corrected chi connectivity index (χ4v) is 1.16. The molecule has 0 bridgehead atoms. The molecule has 0 aliphatic rings. The van der Waals surface area contributed by atoms with Gasteiger partial charge in [0.05, 0.1) is 6.61 Å². The van der Waals surface area contributed by atoms with Crippen LogP contribution in [0.3, 0.4) is 0 Å². The van der Waals surface area contributed by atoms with Gasteiger partial charge in [-0.15, -0.1) is 0 Å². The zero-order chi connectivity index (χ0) is 7.98. The van der Waals surface area contributed by atoms with Crippen molar-refractivity contribution in [2.45, 2.75) is 37.9 Å². The second kappa shape index (κ2) is 6.17. The van der Waals surface area contributed by atoms with Crippen molar-refractivity contribution >= 4 is 15.9 Å². The summed E-state index contributed by atoms with van der Waals surface area (Å²) in [4.78, 5) is 0.311. The van der Waals surface area contributed by atoms with Crippen LogP contribution in [0.5, 0.6) is 0 Å². The molecule has 1 nitrogen and oxygen atoms in total. The monoisotopic (exact) mass is 208 g/mol. The molecule has 0 aromatic carbocycles. The zero-order valence-corrected chi connectivity index (χ0v) is 8.39. The van der Waals surface area contributed by atoms with Crippen LogP contribution >= 0.6 is 15.9 Å². The summed E-state index contributed by atoms with van der Waals surface area (Å²) in [5, 5.41) is 8.65. The Morgan fingerprint density at radius 1 is 1.30 bits per heavy atom. The molecule has 0 aliphatic heterocycles. The minimum Gasteiger partial charge on any atom is -0.395 e. The fraction of sp³-hybridized carbons (Fsp3) is 1.00. The van der Waals surface area contributed by atoms with Gasteiger partial charge in [-0.3, -0.25) is 0 Å². The molecule has 0 aliphatic carbocycles. The van der Waals surface area contributed by atoms with Gasteiger partial charge in [-0.1, -0.05) is 42.6 Å². The smallest absolute Gasteiger partial charge is 0.0556 e. The Morgan fingerprint density at radius 3 is 2.30 bits per heavy atom. The van der Waals surface area contributed by atoms with Gasteiger partial charge in [-0.2, -0.15) is 0 Å². The molecule has 0 aromatic heterocycles. The highest BCUT2D eigenvalue weighted by atomic mass is 79.9. The van der Waals surface area contributed by atoms with Crippen LogP contribution in [0.15, 0.2) is 0 Å². The molecule has 0 aromatic rings. The Labute approximate surface area is 72.0 Å². The largest absolute Gasteiger partial charge is 0.395 e. The van der Waals surface area contributed by atoms with Gasteiger partial charge in [0.15, 0.2) is 0 Å². The van der Waals surface area contributed by atoms with Gasteiger partial charge in [0.2, 0.25) is 0 Å². The van der Waals surface area contributed by atoms with Crippen LogP contribution in [0, 0.1) is 5.92 Å². The predicted molar refractivity (Wildman–Crippen MR) is 48.5 cm³/mol. The van der Waals surface area contributed by atoms with E-state index >= 15 is 0 Å². The SMILES string of the molecule is CC(C)CCCC(Br)CO. The summed E-state index contributed by atoms with van der Waals surface area (Å²) in [6.45, 7) is 4.71. The molecule has 0 spiro atoms. The lowest BCUT2D eigenvalue weighted by Gasteiger charge is -2.06. The van der Waals surface area contributed by atoms with Gasteiger partial charge in [-0.25, -0.2) is 0 Å². The van der Waals surface area contributed by atoms with Crippen LogP contribution in [-0.4, -0.2) is 16.5 Å². The average Bonchev–Trinajstić information content (AvgIpc) is 1.87. The van der Waals surface area contributed by atoms with E-state index in [2.05, 4.69) is 29.8 Å². The van der Waals surface area contributed by atoms with Gasteiger partial charge in [0.25, 0.3) is 0 Å². The van der Waals surface area contributed by atoms with Crippen LogP contribution in [0.25, 0.3) is 0 Å². The fourth-order valence-electron chi connectivity index (χ4n) is 0.839. The van der Waals surface area contributed by atoms with Gasteiger partial charge in [0.1, 0.15) is 0 Å².